The monoisotopic (exact) mass is 268 g/mol. The van der Waals surface area contributed by atoms with Gasteiger partial charge < -0.3 is 4.74 Å². The van der Waals surface area contributed by atoms with Crippen LogP contribution in [0.15, 0.2) is 18.5 Å². The number of carbonyl (C=O) groups is 1. The summed E-state index contributed by atoms with van der Waals surface area (Å²) in [6.07, 6.45) is 3.40. The zero-order valence-electron chi connectivity index (χ0n) is 9.23. The number of nitrogens with zero attached hydrogens (tertiary/aromatic N) is 2. The van der Waals surface area contributed by atoms with Crippen LogP contribution in [-0.4, -0.2) is 23.0 Å². The van der Waals surface area contributed by atoms with Crippen molar-refractivity contribution in [2.75, 3.05) is 7.11 Å². The lowest BCUT2D eigenvalue weighted by molar-refractivity contribution is 0.0606. The Morgan fingerprint density at radius 3 is 2.94 bits per heavy atom. The average molecular weight is 269 g/mol. The Morgan fingerprint density at radius 2 is 2.29 bits per heavy atom. The first-order valence-electron chi connectivity index (χ1n) is 4.79. The van der Waals surface area contributed by atoms with E-state index in [0.29, 0.717) is 9.88 Å². The van der Waals surface area contributed by atoms with Gasteiger partial charge in [-0.3, -0.25) is 4.98 Å². The van der Waals surface area contributed by atoms with Gasteiger partial charge in [0, 0.05) is 18.0 Å². The van der Waals surface area contributed by atoms with E-state index in [0.717, 1.165) is 11.1 Å². The zero-order valence-corrected chi connectivity index (χ0v) is 10.8. The number of halogens is 1. The van der Waals surface area contributed by atoms with Crippen molar-refractivity contribution in [3.05, 3.63) is 34.1 Å². The van der Waals surface area contributed by atoms with E-state index in [9.17, 15) is 4.79 Å². The molecular weight excluding hydrogens is 260 g/mol. The molecule has 2 aromatic rings. The van der Waals surface area contributed by atoms with Crippen LogP contribution >= 0.6 is 22.9 Å². The molecule has 0 saturated carbocycles. The first-order chi connectivity index (χ1) is 8.13. The lowest BCUT2D eigenvalue weighted by Crippen LogP contribution is -1.98. The van der Waals surface area contributed by atoms with E-state index in [1.165, 1.54) is 18.4 Å². The highest BCUT2D eigenvalue weighted by atomic mass is 35.5. The van der Waals surface area contributed by atoms with Gasteiger partial charge >= 0.3 is 5.97 Å². The van der Waals surface area contributed by atoms with Crippen LogP contribution in [0.1, 0.15) is 15.2 Å². The second-order valence-corrected chi connectivity index (χ2v) is 4.68. The molecule has 0 aliphatic rings. The summed E-state index contributed by atoms with van der Waals surface area (Å²) in [6.45, 7) is 1.95. The molecule has 0 amide bonds. The van der Waals surface area contributed by atoms with E-state index in [2.05, 4.69) is 14.7 Å². The van der Waals surface area contributed by atoms with Crippen LogP contribution in [0, 0.1) is 6.92 Å². The van der Waals surface area contributed by atoms with E-state index in [1.54, 1.807) is 12.4 Å². The molecule has 0 aliphatic heterocycles. The summed E-state index contributed by atoms with van der Waals surface area (Å²) in [7, 11) is 1.31. The van der Waals surface area contributed by atoms with Crippen molar-refractivity contribution in [3.8, 4) is 10.6 Å². The molecule has 2 rings (SSSR count). The van der Waals surface area contributed by atoms with Gasteiger partial charge in [-0.25, -0.2) is 9.78 Å². The van der Waals surface area contributed by atoms with E-state index in [1.807, 2.05) is 13.0 Å². The standard InChI is InChI=1S/C11H9ClN2O2S/c1-6-3-4-13-5-7(6)10-14-9(12)8(17-10)11(15)16-2/h3-5H,1-2H3. The van der Waals surface area contributed by atoms with E-state index in [4.69, 9.17) is 11.6 Å². The van der Waals surface area contributed by atoms with Crippen LogP contribution in [-0.2, 0) is 4.74 Å². The molecule has 0 aliphatic carbocycles. The van der Waals surface area contributed by atoms with Crippen molar-refractivity contribution in [2.24, 2.45) is 0 Å². The molecule has 0 saturated heterocycles. The third-order valence-corrected chi connectivity index (χ3v) is 3.68. The van der Waals surface area contributed by atoms with Crippen LogP contribution in [0.5, 0.6) is 0 Å². The van der Waals surface area contributed by atoms with E-state index in [-0.39, 0.29) is 5.15 Å². The van der Waals surface area contributed by atoms with Crippen molar-refractivity contribution in [3.63, 3.8) is 0 Å². The highest BCUT2D eigenvalue weighted by molar-refractivity contribution is 7.17. The van der Waals surface area contributed by atoms with E-state index >= 15 is 0 Å². The fourth-order valence-electron chi connectivity index (χ4n) is 1.32. The minimum atomic E-state index is -0.472. The Labute approximate surface area is 107 Å². The van der Waals surface area contributed by atoms with Crippen molar-refractivity contribution in [2.45, 2.75) is 6.92 Å². The molecule has 6 heteroatoms. The van der Waals surface area contributed by atoms with Crippen molar-refractivity contribution in [1.82, 2.24) is 9.97 Å². The summed E-state index contributed by atoms with van der Waals surface area (Å²) in [4.78, 5) is 19.9. The van der Waals surface area contributed by atoms with Crippen molar-refractivity contribution in [1.29, 1.82) is 0 Å². The molecule has 4 nitrogen and oxygen atoms in total. The predicted octanol–water partition coefficient (Wildman–Crippen LogP) is 2.95. The van der Waals surface area contributed by atoms with Crippen molar-refractivity contribution < 1.29 is 9.53 Å². The average Bonchev–Trinajstić information content (AvgIpc) is 2.71. The van der Waals surface area contributed by atoms with Crippen LogP contribution < -0.4 is 0 Å². The van der Waals surface area contributed by atoms with Crippen LogP contribution in [0.2, 0.25) is 5.15 Å². The second-order valence-electron chi connectivity index (χ2n) is 3.32. The van der Waals surface area contributed by atoms with Gasteiger partial charge in [0.2, 0.25) is 0 Å². The lowest BCUT2D eigenvalue weighted by atomic mass is 10.2. The molecular formula is C11H9ClN2O2S. The molecule has 0 fully saturated rings. The highest BCUT2D eigenvalue weighted by Crippen LogP contribution is 2.32. The van der Waals surface area contributed by atoms with Gasteiger partial charge in [-0.2, -0.15) is 0 Å². The fraction of sp³-hybridized carbons (Fsp3) is 0.182. The zero-order chi connectivity index (χ0) is 12.4. The molecule has 0 bridgehead atoms. The first kappa shape index (κ1) is 12.0. The normalized spacial score (nSPS) is 10.3. The van der Waals surface area contributed by atoms with Gasteiger partial charge in [0.25, 0.3) is 0 Å². The number of carbonyl (C=O) groups excluding carboxylic acids is 1. The number of methoxy groups -OCH3 is 1. The van der Waals surface area contributed by atoms with Gasteiger partial charge in [0.05, 0.1) is 7.11 Å². The number of esters is 1. The van der Waals surface area contributed by atoms with Crippen molar-refractivity contribution >= 4 is 28.9 Å². The van der Waals surface area contributed by atoms with Crippen LogP contribution in [0.25, 0.3) is 10.6 Å². The molecule has 2 heterocycles. The third kappa shape index (κ3) is 2.30. The molecule has 0 unspecified atom stereocenters. The highest BCUT2D eigenvalue weighted by Gasteiger charge is 2.18. The van der Waals surface area contributed by atoms with Crippen LogP contribution in [0.4, 0.5) is 0 Å². The van der Waals surface area contributed by atoms with Crippen LogP contribution in [0.3, 0.4) is 0 Å². The van der Waals surface area contributed by atoms with Gasteiger partial charge in [0.15, 0.2) is 10.0 Å². The smallest absolute Gasteiger partial charge is 0.351 e. The number of pyridine rings is 1. The second kappa shape index (κ2) is 4.81. The molecule has 17 heavy (non-hydrogen) atoms. The lowest BCUT2D eigenvalue weighted by Gasteiger charge is -1.98. The summed E-state index contributed by atoms with van der Waals surface area (Å²) in [6, 6.07) is 1.88. The minimum Gasteiger partial charge on any atom is -0.465 e. The number of hydrogen-bond acceptors (Lipinski definition) is 5. The Hall–Kier alpha value is -1.46. The summed E-state index contributed by atoms with van der Waals surface area (Å²) in [5.74, 6) is -0.472. The number of aryl methyl sites for hydroxylation is 1. The minimum absolute atomic E-state index is 0.167. The molecule has 0 atom stereocenters. The van der Waals surface area contributed by atoms with E-state index < -0.39 is 5.97 Å². The first-order valence-corrected chi connectivity index (χ1v) is 5.98. The quantitative estimate of drug-likeness (QED) is 0.786. The summed E-state index contributed by atoms with van der Waals surface area (Å²) in [5.41, 5.74) is 1.90. The number of rotatable bonds is 2. The predicted molar refractivity (Wildman–Crippen MR) is 66.4 cm³/mol. The summed E-state index contributed by atoms with van der Waals surface area (Å²) in [5, 5.41) is 0.834. The number of aromatic nitrogens is 2. The summed E-state index contributed by atoms with van der Waals surface area (Å²) >= 11 is 7.10. The fourth-order valence-corrected chi connectivity index (χ4v) is 2.60. The summed E-state index contributed by atoms with van der Waals surface area (Å²) < 4.78 is 4.63. The third-order valence-electron chi connectivity index (χ3n) is 2.23. The maximum atomic E-state index is 11.4. The van der Waals surface area contributed by atoms with Gasteiger partial charge in [-0.05, 0) is 18.6 Å². The topological polar surface area (TPSA) is 52.1 Å². The molecule has 0 N–H and O–H groups in total. The SMILES string of the molecule is COC(=O)c1sc(-c2cnccc2C)nc1Cl. The number of hydrogen-bond donors (Lipinski definition) is 0. The van der Waals surface area contributed by atoms with Gasteiger partial charge in [-0.15, -0.1) is 11.3 Å². The molecule has 0 aromatic carbocycles. The van der Waals surface area contributed by atoms with Gasteiger partial charge in [0.1, 0.15) is 5.01 Å². The van der Waals surface area contributed by atoms with Gasteiger partial charge in [-0.1, -0.05) is 11.6 Å². The molecule has 2 aromatic heterocycles. The molecule has 88 valence electrons. The Balaban J connectivity index is 2.49. The Bertz CT molecular complexity index is 568. The number of ether oxygens (including phenoxy) is 1. The molecule has 0 spiro atoms. The maximum absolute atomic E-state index is 11.4. The Morgan fingerprint density at radius 1 is 1.53 bits per heavy atom. The number of thiazole rings is 1. The maximum Gasteiger partial charge on any atom is 0.351 e. The largest absolute Gasteiger partial charge is 0.465 e. The molecule has 0 radical (unpaired) electrons. The Kier molecular flexibility index (Phi) is 3.40.